The number of nitrogens with zero attached hydrogens (tertiary/aromatic N) is 2. The Balaban J connectivity index is 0.966. The Kier molecular flexibility index (Phi) is 8.87. The molecule has 10 aromatic carbocycles. The molecule has 11 rings (SSSR count). The second-order valence-corrected chi connectivity index (χ2v) is 15.4. The van der Waals surface area contributed by atoms with E-state index < -0.39 is 0 Å². The van der Waals surface area contributed by atoms with Gasteiger partial charge in [-0.2, -0.15) is 0 Å². The molecule has 2 heteroatoms. The van der Waals surface area contributed by atoms with E-state index in [1.54, 1.807) is 0 Å². The zero-order chi connectivity index (χ0) is 39.8. The molecular formula is C58H40N2. The Hall–Kier alpha value is -7.94. The molecule has 0 amide bonds. The second-order valence-electron chi connectivity index (χ2n) is 15.4. The normalized spacial score (nSPS) is 11.3. The van der Waals surface area contributed by atoms with Crippen LogP contribution in [0, 0.1) is 0 Å². The minimum absolute atomic E-state index is 1.09. The summed E-state index contributed by atoms with van der Waals surface area (Å²) in [5.74, 6) is 0. The molecule has 0 bridgehead atoms. The van der Waals surface area contributed by atoms with Crippen LogP contribution in [0.25, 0.3) is 82.8 Å². The number of para-hydroxylation sites is 3. The van der Waals surface area contributed by atoms with Crippen molar-refractivity contribution in [1.82, 2.24) is 4.57 Å². The van der Waals surface area contributed by atoms with Crippen molar-refractivity contribution in [3.63, 3.8) is 0 Å². The fourth-order valence-electron chi connectivity index (χ4n) is 8.84. The SMILES string of the molecule is c1ccc(-c2cccc(N(c3ccc(-c4cccc(-c5ccccc5-n5c6ccccc6c6ccccc65)c4)cc3)c3ccc(-c4ccc5ccccc5c4)cc3)c2)cc1. The van der Waals surface area contributed by atoms with Crippen LogP contribution in [0.3, 0.4) is 0 Å². The lowest BCUT2D eigenvalue weighted by Crippen LogP contribution is -2.10. The van der Waals surface area contributed by atoms with E-state index in [9.17, 15) is 0 Å². The van der Waals surface area contributed by atoms with Crippen molar-refractivity contribution >= 4 is 49.6 Å². The lowest BCUT2D eigenvalue weighted by molar-refractivity contribution is 1.18. The van der Waals surface area contributed by atoms with E-state index in [0.29, 0.717) is 0 Å². The van der Waals surface area contributed by atoms with Gasteiger partial charge in [-0.3, -0.25) is 0 Å². The standard InChI is InChI=1S/C58H40N2/c1-2-14-41(15-3-1)47-19-13-21-52(40-47)59(51-36-32-44(33-37-51)48-29-28-42-16-4-5-17-45(42)38-48)50-34-30-43(31-35-50)46-18-12-20-49(39-46)53-22-6-9-25-56(53)60-57-26-10-7-23-54(57)55-24-8-11-27-58(55)60/h1-40H. The zero-order valence-electron chi connectivity index (χ0n) is 33.0. The van der Waals surface area contributed by atoms with E-state index in [-0.39, 0.29) is 0 Å². The molecule has 1 aromatic heterocycles. The fourth-order valence-corrected chi connectivity index (χ4v) is 8.84. The summed E-state index contributed by atoms with van der Waals surface area (Å²) in [5, 5.41) is 5.02. The van der Waals surface area contributed by atoms with Crippen molar-refractivity contribution < 1.29 is 0 Å². The average Bonchev–Trinajstić information content (AvgIpc) is 3.66. The Morgan fingerprint density at radius 2 is 0.750 bits per heavy atom. The van der Waals surface area contributed by atoms with E-state index in [1.807, 2.05) is 0 Å². The number of hydrogen-bond acceptors (Lipinski definition) is 1. The van der Waals surface area contributed by atoms with Crippen LogP contribution in [0.15, 0.2) is 243 Å². The Labute approximate surface area is 350 Å². The lowest BCUT2D eigenvalue weighted by Gasteiger charge is -2.26. The van der Waals surface area contributed by atoms with Crippen molar-refractivity contribution in [2.24, 2.45) is 0 Å². The zero-order valence-corrected chi connectivity index (χ0v) is 33.0. The molecule has 0 fully saturated rings. The highest BCUT2D eigenvalue weighted by Gasteiger charge is 2.17. The van der Waals surface area contributed by atoms with Crippen LogP contribution >= 0.6 is 0 Å². The number of fused-ring (bicyclic) bond motifs is 4. The van der Waals surface area contributed by atoms with Gasteiger partial charge in [0.2, 0.25) is 0 Å². The summed E-state index contributed by atoms with van der Waals surface area (Å²) in [7, 11) is 0. The maximum atomic E-state index is 2.41. The number of rotatable bonds is 8. The van der Waals surface area contributed by atoms with Gasteiger partial charge in [-0.1, -0.05) is 176 Å². The molecule has 282 valence electrons. The molecule has 0 radical (unpaired) electrons. The minimum atomic E-state index is 1.09. The van der Waals surface area contributed by atoms with Crippen LogP contribution in [0.5, 0.6) is 0 Å². The van der Waals surface area contributed by atoms with E-state index in [1.165, 1.54) is 82.8 Å². The van der Waals surface area contributed by atoms with Crippen molar-refractivity contribution in [3.05, 3.63) is 243 Å². The molecule has 0 N–H and O–H groups in total. The number of aromatic nitrogens is 1. The first-order valence-electron chi connectivity index (χ1n) is 20.6. The number of anilines is 3. The van der Waals surface area contributed by atoms with Crippen molar-refractivity contribution in [2.75, 3.05) is 4.90 Å². The fraction of sp³-hybridized carbons (Fsp3) is 0. The van der Waals surface area contributed by atoms with Gasteiger partial charge in [0.05, 0.1) is 16.7 Å². The smallest absolute Gasteiger partial charge is 0.0541 e. The third kappa shape index (κ3) is 6.41. The minimum Gasteiger partial charge on any atom is -0.310 e. The lowest BCUT2D eigenvalue weighted by atomic mass is 9.97. The largest absolute Gasteiger partial charge is 0.310 e. The first-order valence-corrected chi connectivity index (χ1v) is 20.6. The van der Waals surface area contributed by atoms with Crippen LogP contribution in [-0.4, -0.2) is 4.57 Å². The summed E-state index contributed by atoms with van der Waals surface area (Å²) in [6.07, 6.45) is 0. The van der Waals surface area contributed by atoms with Crippen LogP contribution < -0.4 is 4.90 Å². The van der Waals surface area contributed by atoms with Gasteiger partial charge in [0.25, 0.3) is 0 Å². The predicted molar refractivity (Wildman–Crippen MR) is 255 cm³/mol. The van der Waals surface area contributed by atoms with Crippen LogP contribution in [-0.2, 0) is 0 Å². The molecule has 11 aromatic rings. The Bertz CT molecular complexity index is 3250. The van der Waals surface area contributed by atoms with Gasteiger partial charge in [-0.25, -0.2) is 0 Å². The Morgan fingerprint density at radius 3 is 1.45 bits per heavy atom. The molecule has 2 nitrogen and oxygen atoms in total. The molecule has 0 aliphatic carbocycles. The van der Waals surface area contributed by atoms with Crippen LogP contribution in [0.2, 0.25) is 0 Å². The highest BCUT2D eigenvalue weighted by atomic mass is 15.1. The topological polar surface area (TPSA) is 8.17 Å². The monoisotopic (exact) mass is 764 g/mol. The summed E-state index contributed by atoms with van der Waals surface area (Å²) in [6.45, 7) is 0. The van der Waals surface area contributed by atoms with Crippen molar-refractivity contribution in [2.45, 2.75) is 0 Å². The molecule has 0 aliphatic heterocycles. The van der Waals surface area contributed by atoms with E-state index in [4.69, 9.17) is 0 Å². The van der Waals surface area contributed by atoms with Crippen LogP contribution in [0.1, 0.15) is 0 Å². The third-order valence-corrected chi connectivity index (χ3v) is 11.8. The average molecular weight is 765 g/mol. The summed E-state index contributed by atoms with van der Waals surface area (Å²) < 4.78 is 2.41. The maximum absolute atomic E-state index is 2.41. The summed E-state index contributed by atoms with van der Waals surface area (Å²) in [4.78, 5) is 2.36. The number of benzene rings is 10. The van der Waals surface area contributed by atoms with Gasteiger partial charge in [-0.15, -0.1) is 0 Å². The highest BCUT2D eigenvalue weighted by molar-refractivity contribution is 6.09. The second kappa shape index (κ2) is 15.1. The first kappa shape index (κ1) is 35.2. The predicted octanol–water partition coefficient (Wildman–Crippen LogP) is 16.1. The van der Waals surface area contributed by atoms with E-state index in [0.717, 1.165) is 17.1 Å². The maximum Gasteiger partial charge on any atom is 0.0541 e. The van der Waals surface area contributed by atoms with Gasteiger partial charge in [0, 0.05) is 33.4 Å². The third-order valence-electron chi connectivity index (χ3n) is 11.8. The molecular weight excluding hydrogens is 725 g/mol. The Morgan fingerprint density at radius 1 is 0.267 bits per heavy atom. The van der Waals surface area contributed by atoms with E-state index >= 15 is 0 Å². The van der Waals surface area contributed by atoms with Gasteiger partial charge < -0.3 is 9.47 Å². The molecule has 0 saturated carbocycles. The molecule has 0 saturated heterocycles. The molecule has 0 unspecified atom stereocenters. The van der Waals surface area contributed by atoms with Gasteiger partial charge in [0.1, 0.15) is 0 Å². The molecule has 0 spiro atoms. The molecule has 0 aliphatic rings. The quantitative estimate of drug-likeness (QED) is 0.150. The van der Waals surface area contributed by atoms with Gasteiger partial charge in [-0.05, 0) is 116 Å². The highest BCUT2D eigenvalue weighted by Crippen LogP contribution is 2.40. The summed E-state index contributed by atoms with van der Waals surface area (Å²) in [5.41, 5.74) is 16.4. The van der Waals surface area contributed by atoms with Crippen LogP contribution in [0.4, 0.5) is 17.1 Å². The first-order chi connectivity index (χ1) is 29.7. The summed E-state index contributed by atoms with van der Waals surface area (Å²) >= 11 is 0. The van der Waals surface area contributed by atoms with Gasteiger partial charge >= 0.3 is 0 Å². The molecule has 60 heavy (non-hydrogen) atoms. The van der Waals surface area contributed by atoms with Gasteiger partial charge in [0.15, 0.2) is 0 Å². The van der Waals surface area contributed by atoms with E-state index in [2.05, 4.69) is 252 Å². The molecule has 1 heterocycles. The summed E-state index contributed by atoms with van der Waals surface area (Å²) in [6, 6.07) is 87.8. The van der Waals surface area contributed by atoms with Crippen molar-refractivity contribution in [3.8, 4) is 50.2 Å². The molecule has 0 atom stereocenters. The number of hydrogen-bond donors (Lipinski definition) is 0. The van der Waals surface area contributed by atoms with Crippen molar-refractivity contribution in [1.29, 1.82) is 0 Å².